The Labute approximate surface area is 96.0 Å². The van der Waals surface area contributed by atoms with Crippen LogP contribution in [0.3, 0.4) is 0 Å². The first kappa shape index (κ1) is 11.1. The lowest BCUT2D eigenvalue weighted by Gasteiger charge is -2.05. The molecule has 0 fully saturated rings. The van der Waals surface area contributed by atoms with Crippen molar-refractivity contribution in [2.24, 2.45) is 0 Å². The molecule has 1 aliphatic rings. The van der Waals surface area contributed by atoms with Crippen molar-refractivity contribution in [3.05, 3.63) is 30.1 Å². The van der Waals surface area contributed by atoms with Crippen LogP contribution in [0, 0.1) is 0 Å². The fraction of sp³-hybridized carbons (Fsp3) is 0.538. The highest BCUT2D eigenvalue weighted by Gasteiger charge is 2.37. The Bertz CT molecular complexity index is 389. The minimum absolute atomic E-state index is 0.0936. The van der Waals surface area contributed by atoms with Crippen molar-refractivity contribution >= 4 is 5.97 Å². The van der Waals surface area contributed by atoms with Crippen LogP contribution in [0.5, 0.6) is 0 Å². The molecule has 2 unspecified atom stereocenters. The Kier molecular flexibility index (Phi) is 3.22. The van der Waals surface area contributed by atoms with E-state index in [1.54, 1.807) is 0 Å². The van der Waals surface area contributed by atoms with Gasteiger partial charge in [0, 0.05) is 24.5 Å². The Hall–Kier alpha value is -1.38. The molecule has 0 N–H and O–H groups in total. The van der Waals surface area contributed by atoms with Crippen molar-refractivity contribution < 1.29 is 14.1 Å². The molecule has 0 spiro atoms. The lowest BCUT2D eigenvalue weighted by atomic mass is 10.0. The summed E-state index contributed by atoms with van der Waals surface area (Å²) in [5, 5.41) is 0. The molecule has 0 aromatic carbocycles. The van der Waals surface area contributed by atoms with Gasteiger partial charge in [-0.15, -0.1) is 0 Å². The Morgan fingerprint density at radius 1 is 1.56 bits per heavy atom. The second-order valence-electron chi connectivity index (χ2n) is 4.33. The van der Waals surface area contributed by atoms with E-state index in [0.29, 0.717) is 18.9 Å². The summed E-state index contributed by atoms with van der Waals surface area (Å²) >= 11 is 0. The number of nitrogens with zero attached hydrogens (tertiary/aromatic N) is 1. The Balaban J connectivity index is 2.12. The third-order valence-corrected chi connectivity index (χ3v) is 3.15. The summed E-state index contributed by atoms with van der Waals surface area (Å²) in [5.74, 6) is 0.435. The first-order chi connectivity index (χ1) is 7.72. The van der Waals surface area contributed by atoms with Crippen molar-refractivity contribution in [1.29, 1.82) is 0 Å². The number of carbonyl (C=O) groups is 1. The van der Waals surface area contributed by atoms with Gasteiger partial charge in [0.05, 0.1) is 6.61 Å². The number of fused-ring (bicyclic) bond motifs is 1. The fourth-order valence-electron chi connectivity index (χ4n) is 2.46. The topological polar surface area (TPSA) is 30.2 Å². The molecule has 0 saturated heterocycles. The molecule has 0 saturated carbocycles. The smallest absolute Gasteiger partial charge is 0.312 e. The molecule has 16 heavy (non-hydrogen) atoms. The van der Waals surface area contributed by atoms with E-state index in [9.17, 15) is 4.79 Å². The van der Waals surface area contributed by atoms with Crippen molar-refractivity contribution in [3.63, 3.8) is 0 Å². The molecule has 0 amide bonds. The lowest BCUT2D eigenvalue weighted by Crippen LogP contribution is -2.38. The van der Waals surface area contributed by atoms with Gasteiger partial charge in [-0.25, -0.2) is 0 Å². The largest absolute Gasteiger partial charge is 0.466 e. The molecule has 2 rings (SSSR count). The van der Waals surface area contributed by atoms with Crippen molar-refractivity contribution in [2.45, 2.75) is 38.6 Å². The zero-order chi connectivity index (χ0) is 11.5. The van der Waals surface area contributed by atoms with Gasteiger partial charge in [0.25, 0.3) is 0 Å². The van der Waals surface area contributed by atoms with Crippen LogP contribution >= 0.6 is 0 Å². The van der Waals surface area contributed by atoms with E-state index in [-0.39, 0.29) is 12.0 Å². The minimum Gasteiger partial charge on any atom is -0.466 e. The number of carbonyl (C=O) groups excluding carboxylic acids is 1. The van der Waals surface area contributed by atoms with E-state index in [2.05, 4.69) is 29.8 Å². The molecule has 2 heterocycles. The highest BCUT2D eigenvalue weighted by molar-refractivity contribution is 5.69. The van der Waals surface area contributed by atoms with E-state index in [1.165, 1.54) is 5.69 Å². The van der Waals surface area contributed by atoms with Gasteiger partial charge >= 0.3 is 5.97 Å². The quantitative estimate of drug-likeness (QED) is 0.576. The van der Waals surface area contributed by atoms with Crippen LogP contribution in [-0.2, 0) is 9.53 Å². The lowest BCUT2D eigenvalue weighted by molar-refractivity contribution is -0.715. The third kappa shape index (κ3) is 2.08. The summed E-state index contributed by atoms with van der Waals surface area (Å²) in [6, 6.07) is 6.47. The van der Waals surface area contributed by atoms with Crippen LogP contribution in [0.1, 0.15) is 44.3 Å². The van der Waals surface area contributed by atoms with Gasteiger partial charge in [0.2, 0.25) is 0 Å². The highest BCUT2D eigenvalue weighted by atomic mass is 16.5. The maximum absolute atomic E-state index is 11.5. The van der Waals surface area contributed by atoms with Crippen LogP contribution in [-0.4, -0.2) is 12.6 Å². The standard InChI is InChI=1S/C13H18NO2/c1-3-16-13(15)9-11-8-10(2)12-6-4-5-7-14(11)12/h4-7,10-11H,3,8-9H2,1-2H3/q+1. The van der Waals surface area contributed by atoms with E-state index in [1.807, 2.05) is 13.0 Å². The molecular weight excluding hydrogens is 202 g/mol. The minimum atomic E-state index is -0.0936. The zero-order valence-corrected chi connectivity index (χ0v) is 9.85. The summed E-state index contributed by atoms with van der Waals surface area (Å²) in [7, 11) is 0. The number of esters is 1. The van der Waals surface area contributed by atoms with Crippen LogP contribution < -0.4 is 4.57 Å². The van der Waals surface area contributed by atoms with Gasteiger partial charge in [-0.1, -0.05) is 13.0 Å². The average molecular weight is 220 g/mol. The van der Waals surface area contributed by atoms with Gasteiger partial charge in [0.15, 0.2) is 17.9 Å². The molecule has 1 aromatic rings. The molecule has 1 aliphatic heterocycles. The van der Waals surface area contributed by atoms with E-state index in [4.69, 9.17) is 4.74 Å². The monoisotopic (exact) mass is 220 g/mol. The first-order valence-electron chi connectivity index (χ1n) is 5.88. The second kappa shape index (κ2) is 4.64. The first-order valence-corrected chi connectivity index (χ1v) is 5.88. The van der Waals surface area contributed by atoms with Gasteiger partial charge in [-0.3, -0.25) is 4.79 Å². The van der Waals surface area contributed by atoms with Gasteiger partial charge in [0.1, 0.15) is 6.42 Å². The number of aromatic nitrogens is 1. The summed E-state index contributed by atoms with van der Waals surface area (Å²) in [4.78, 5) is 11.5. The van der Waals surface area contributed by atoms with Crippen LogP contribution in [0.4, 0.5) is 0 Å². The molecule has 0 aliphatic carbocycles. The third-order valence-electron chi connectivity index (χ3n) is 3.15. The molecule has 2 atom stereocenters. The number of ether oxygens (including phenoxy) is 1. The molecular formula is C13H18NO2+. The van der Waals surface area contributed by atoms with Crippen LogP contribution in [0.2, 0.25) is 0 Å². The number of hydrogen-bond donors (Lipinski definition) is 0. The summed E-state index contributed by atoms with van der Waals surface area (Å²) in [5.41, 5.74) is 1.32. The number of rotatable bonds is 3. The van der Waals surface area contributed by atoms with Crippen molar-refractivity contribution in [1.82, 2.24) is 0 Å². The molecule has 0 radical (unpaired) electrons. The van der Waals surface area contributed by atoms with Gasteiger partial charge < -0.3 is 4.74 Å². The molecule has 3 heteroatoms. The zero-order valence-electron chi connectivity index (χ0n) is 9.85. The predicted octanol–water partition coefficient (Wildman–Crippen LogP) is 1.98. The summed E-state index contributed by atoms with van der Waals surface area (Å²) in [6.07, 6.45) is 3.57. The fourth-order valence-corrected chi connectivity index (χ4v) is 2.46. The second-order valence-corrected chi connectivity index (χ2v) is 4.33. The van der Waals surface area contributed by atoms with Gasteiger partial charge in [-0.2, -0.15) is 4.57 Å². The molecule has 3 nitrogen and oxygen atoms in total. The number of pyridine rings is 1. The predicted molar refractivity (Wildman–Crippen MR) is 60.0 cm³/mol. The van der Waals surface area contributed by atoms with Crippen LogP contribution in [0.15, 0.2) is 24.4 Å². The summed E-state index contributed by atoms with van der Waals surface area (Å²) < 4.78 is 7.21. The maximum atomic E-state index is 11.5. The SMILES string of the molecule is CCOC(=O)CC1CC(C)c2cccc[n+]21. The van der Waals surface area contributed by atoms with E-state index < -0.39 is 0 Å². The van der Waals surface area contributed by atoms with E-state index >= 15 is 0 Å². The Morgan fingerprint density at radius 2 is 2.38 bits per heavy atom. The normalized spacial score (nSPS) is 22.9. The van der Waals surface area contributed by atoms with Crippen molar-refractivity contribution in [3.8, 4) is 0 Å². The highest BCUT2D eigenvalue weighted by Crippen LogP contribution is 2.30. The number of hydrogen-bond acceptors (Lipinski definition) is 2. The van der Waals surface area contributed by atoms with Crippen LogP contribution in [0.25, 0.3) is 0 Å². The maximum Gasteiger partial charge on any atom is 0.312 e. The van der Waals surface area contributed by atoms with Gasteiger partial charge in [-0.05, 0) is 6.92 Å². The molecule has 1 aromatic heterocycles. The average Bonchev–Trinajstić information content (AvgIpc) is 2.57. The van der Waals surface area contributed by atoms with E-state index in [0.717, 1.165) is 6.42 Å². The van der Waals surface area contributed by atoms with Crippen molar-refractivity contribution in [2.75, 3.05) is 6.61 Å². The Morgan fingerprint density at radius 3 is 3.12 bits per heavy atom. The molecule has 0 bridgehead atoms. The molecule has 86 valence electrons. The summed E-state index contributed by atoms with van der Waals surface area (Å²) in [6.45, 7) is 4.51.